The van der Waals surface area contributed by atoms with Gasteiger partial charge in [-0.05, 0) is 54.4 Å². The summed E-state index contributed by atoms with van der Waals surface area (Å²) >= 11 is 0. The fourth-order valence-corrected chi connectivity index (χ4v) is 4.45. The maximum absolute atomic E-state index is 6.10. The van der Waals surface area contributed by atoms with Crippen LogP contribution in [0.1, 0.15) is 11.4 Å². The molecule has 0 spiro atoms. The van der Waals surface area contributed by atoms with Crippen LogP contribution in [0, 0.1) is 6.92 Å². The molecule has 5 aromatic rings. The summed E-state index contributed by atoms with van der Waals surface area (Å²) in [4.78, 5) is 14.8. The van der Waals surface area contributed by atoms with Crippen molar-refractivity contribution >= 4 is 27.6 Å². The first-order chi connectivity index (χ1) is 15.2. The van der Waals surface area contributed by atoms with E-state index in [1.165, 1.54) is 27.8 Å². The molecule has 0 bridgehead atoms. The zero-order chi connectivity index (χ0) is 20.8. The third-order valence-electron chi connectivity index (χ3n) is 5.94. The second-order valence-electron chi connectivity index (χ2n) is 7.99. The van der Waals surface area contributed by atoms with E-state index in [-0.39, 0.29) is 0 Å². The van der Waals surface area contributed by atoms with Crippen LogP contribution in [0.2, 0.25) is 0 Å². The summed E-state index contributed by atoms with van der Waals surface area (Å²) in [5.41, 5.74) is 7.81. The molecule has 152 valence electrons. The Kier molecular flexibility index (Phi) is 4.13. The predicted octanol–water partition coefficient (Wildman–Crippen LogP) is 5.49. The molecule has 0 atom stereocenters. The van der Waals surface area contributed by atoms with E-state index in [4.69, 9.17) is 4.74 Å². The van der Waals surface area contributed by atoms with Gasteiger partial charge >= 0.3 is 0 Å². The fraction of sp³-hybridized carbons (Fsp3) is 0.154. The number of imidazole rings is 1. The summed E-state index contributed by atoms with van der Waals surface area (Å²) in [6.45, 7) is 4.26. The Morgan fingerprint density at radius 3 is 2.77 bits per heavy atom. The van der Waals surface area contributed by atoms with E-state index < -0.39 is 0 Å². The minimum absolute atomic E-state index is 0.655. The van der Waals surface area contributed by atoms with Crippen molar-refractivity contribution in [3.8, 4) is 16.9 Å². The van der Waals surface area contributed by atoms with Gasteiger partial charge in [0.05, 0.1) is 23.1 Å². The molecule has 3 heterocycles. The molecular weight excluding hydrogens is 384 g/mol. The van der Waals surface area contributed by atoms with Gasteiger partial charge in [-0.15, -0.1) is 0 Å². The van der Waals surface area contributed by atoms with Crippen LogP contribution < -0.4 is 9.64 Å². The number of ether oxygens (including phenoxy) is 1. The molecule has 1 N–H and O–H groups in total. The van der Waals surface area contributed by atoms with Crippen LogP contribution in [-0.2, 0) is 6.54 Å². The number of hydrogen-bond donors (Lipinski definition) is 1. The minimum atomic E-state index is 0.655. The number of nitrogens with zero attached hydrogens (tertiary/aromatic N) is 3. The van der Waals surface area contributed by atoms with E-state index >= 15 is 0 Å². The van der Waals surface area contributed by atoms with Crippen LogP contribution >= 0.6 is 0 Å². The first kappa shape index (κ1) is 18.0. The number of aromatic amines is 1. The molecule has 0 unspecified atom stereocenters. The van der Waals surface area contributed by atoms with E-state index in [1.54, 1.807) is 0 Å². The van der Waals surface area contributed by atoms with E-state index in [0.717, 1.165) is 41.2 Å². The molecule has 0 saturated carbocycles. The summed E-state index contributed by atoms with van der Waals surface area (Å²) < 4.78 is 6.10. The number of nitrogens with one attached hydrogen (secondary N) is 1. The van der Waals surface area contributed by atoms with Crippen molar-refractivity contribution in [2.24, 2.45) is 0 Å². The number of rotatable bonds is 2. The summed E-state index contributed by atoms with van der Waals surface area (Å²) in [5, 5.41) is 1.17. The van der Waals surface area contributed by atoms with Gasteiger partial charge in [-0.2, -0.15) is 0 Å². The first-order valence-electron chi connectivity index (χ1n) is 10.6. The number of aromatic nitrogens is 3. The Hall–Kier alpha value is -3.86. The highest BCUT2D eigenvalue weighted by Gasteiger charge is 2.18. The Morgan fingerprint density at radius 1 is 0.935 bits per heavy atom. The van der Waals surface area contributed by atoms with Crippen molar-refractivity contribution in [1.82, 2.24) is 15.0 Å². The number of pyridine rings is 1. The SMILES string of the molecule is Cc1nc2ccc(-c3ccc4c(c3)CN(c3ccnc5ccccc35)CCO4)cc2[nH]1. The Bertz CT molecular complexity index is 1420. The molecule has 5 heteroatoms. The van der Waals surface area contributed by atoms with E-state index in [0.29, 0.717) is 6.61 Å². The van der Waals surface area contributed by atoms with Gasteiger partial charge in [0.1, 0.15) is 18.2 Å². The van der Waals surface area contributed by atoms with Gasteiger partial charge in [0.15, 0.2) is 0 Å². The highest BCUT2D eigenvalue weighted by atomic mass is 16.5. The summed E-state index contributed by atoms with van der Waals surface area (Å²) in [7, 11) is 0. The molecule has 5 nitrogen and oxygen atoms in total. The van der Waals surface area contributed by atoms with Crippen LogP contribution in [0.25, 0.3) is 33.1 Å². The molecule has 3 aromatic carbocycles. The number of H-pyrrole nitrogens is 1. The molecule has 6 rings (SSSR count). The molecule has 31 heavy (non-hydrogen) atoms. The standard InChI is InChI=1S/C26H22N4O/c1-17-28-23-8-6-19(15-24(23)29-17)18-7-9-26-20(14-18)16-30(12-13-31-26)25-10-11-27-22-5-3-2-4-21(22)25/h2-11,14-15H,12-13,16H2,1H3,(H,28,29). The highest BCUT2D eigenvalue weighted by molar-refractivity contribution is 5.91. The second kappa shape index (κ2) is 7.13. The third kappa shape index (κ3) is 3.19. The zero-order valence-electron chi connectivity index (χ0n) is 17.3. The lowest BCUT2D eigenvalue weighted by Gasteiger charge is -2.23. The van der Waals surface area contributed by atoms with Crippen LogP contribution in [0.3, 0.4) is 0 Å². The number of fused-ring (bicyclic) bond motifs is 3. The van der Waals surface area contributed by atoms with Crippen LogP contribution in [0.15, 0.2) is 72.9 Å². The zero-order valence-corrected chi connectivity index (χ0v) is 17.3. The summed E-state index contributed by atoms with van der Waals surface area (Å²) in [5.74, 6) is 1.89. The molecule has 0 fully saturated rings. The van der Waals surface area contributed by atoms with E-state index in [1.807, 2.05) is 19.2 Å². The minimum Gasteiger partial charge on any atom is -0.491 e. The highest BCUT2D eigenvalue weighted by Crippen LogP contribution is 2.33. The average molecular weight is 406 g/mol. The third-order valence-corrected chi connectivity index (χ3v) is 5.94. The lowest BCUT2D eigenvalue weighted by Crippen LogP contribution is -2.25. The molecule has 2 aromatic heterocycles. The van der Waals surface area contributed by atoms with E-state index in [9.17, 15) is 0 Å². The summed E-state index contributed by atoms with van der Waals surface area (Å²) in [6, 6.07) is 23.3. The largest absolute Gasteiger partial charge is 0.491 e. The van der Waals surface area contributed by atoms with Crippen LogP contribution in [0.5, 0.6) is 5.75 Å². The molecule has 0 saturated heterocycles. The van der Waals surface area contributed by atoms with Crippen LogP contribution in [-0.4, -0.2) is 28.1 Å². The van der Waals surface area contributed by atoms with Crippen LogP contribution in [0.4, 0.5) is 5.69 Å². The van der Waals surface area contributed by atoms with Crippen molar-refractivity contribution in [1.29, 1.82) is 0 Å². The van der Waals surface area contributed by atoms with Crippen molar-refractivity contribution in [3.63, 3.8) is 0 Å². The van der Waals surface area contributed by atoms with Crippen molar-refractivity contribution in [3.05, 3.63) is 84.3 Å². The van der Waals surface area contributed by atoms with Crippen molar-refractivity contribution < 1.29 is 4.74 Å². The number of para-hydroxylation sites is 1. The monoisotopic (exact) mass is 406 g/mol. The van der Waals surface area contributed by atoms with Gasteiger partial charge in [0.25, 0.3) is 0 Å². The topological polar surface area (TPSA) is 54.0 Å². The quantitative estimate of drug-likeness (QED) is 0.421. The van der Waals surface area contributed by atoms with E-state index in [2.05, 4.69) is 80.5 Å². The average Bonchev–Trinajstić information content (AvgIpc) is 3.04. The Balaban J connectivity index is 1.40. The van der Waals surface area contributed by atoms with Gasteiger partial charge in [-0.3, -0.25) is 4.98 Å². The lowest BCUT2D eigenvalue weighted by molar-refractivity contribution is 0.332. The molecule has 1 aliphatic heterocycles. The molecule has 0 radical (unpaired) electrons. The van der Waals surface area contributed by atoms with Gasteiger partial charge in [-0.25, -0.2) is 4.98 Å². The molecule has 1 aliphatic rings. The number of aryl methyl sites for hydroxylation is 1. The predicted molar refractivity (Wildman–Crippen MR) is 125 cm³/mol. The number of hydrogen-bond acceptors (Lipinski definition) is 4. The van der Waals surface area contributed by atoms with Gasteiger partial charge in [0.2, 0.25) is 0 Å². The lowest BCUT2D eigenvalue weighted by atomic mass is 10.0. The van der Waals surface area contributed by atoms with Crippen molar-refractivity contribution in [2.45, 2.75) is 13.5 Å². The van der Waals surface area contributed by atoms with Crippen molar-refractivity contribution in [2.75, 3.05) is 18.1 Å². The maximum Gasteiger partial charge on any atom is 0.124 e. The second-order valence-corrected chi connectivity index (χ2v) is 7.99. The maximum atomic E-state index is 6.10. The summed E-state index contributed by atoms with van der Waals surface area (Å²) in [6.07, 6.45) is 1.89. The Morgan fingerprint density at radius 2 is 1.81 bits per heavy atom. The molecular formula is C26H22N4O. The first-order valence-corrected chi connectivity index (χ1v) is 10.6. The van der Waals surface area contributed by atoms with Gasteiger partial charge in [-0.1, -0.05) is 30.3 Å². The Labute approximate surface area is 180 Å². The van der Waals surface area contributed by atoms with Gasteiger partial charge in [0, 0.05) is 29.4 Å². The normalized spacial score (nSPS) is 13.8. The molecule has 0 aliphatic carbocycles. The fourth-order valence-electron chi connectivity index (χ4n) is 4.45. The molecule has 0 amide bonds. The van der Waals surface area contributed by atoms with Gasteiger partial charge < -0.3 is 14.6 Å². The number of anilines is 1. The number of benzene rings is 3. The smallest absolute Gasteiger partial charge is 0.124 e.